The van der Waals surface area contributed by atoms with E-state index >= 15 is 0 Å². The van der Waals surface area contributed by atoms with Gasteiger partial charge in [0.1, 0.15) is 0 Å². The van der Waals surface area contributed by atoms with Crippen LogP contribution in [0, 0.1) is 0 Å². The van der Waals surface area contributed by atoms with Gasteiger partial charge in [0.15, 0.2) is 5.54 Å². The molecule has 0 radical (unpaired) electrons. The van der Waals surface area contributed by atoms with Crippen molar-refractivity contribution in [1.82, 2.24) is 10.2 Å². The predicted octanol–water partition coefficient (Wildman–Crippen LogP) is -0.139. The van der Waals surface area contributed by atoms with Crippen molar-refractivity contribution in [3.8, 4) is 0 Å². The summed E-state index contributed by atoms with van der Waals surface area (Å²) in [5, 5.41) is 1.98. The van der Waals surface area contributed by atoms with Crippen LogP contribution in [-0.4, -0.2) is 49.1 Å². The van der Waals surface area contributed by atoms with Gasteiger partial charge in [-0.25, -0.2) is 0 Å². The average molecular weight is 255 g/mol. The molecule has 0 aliphatic rings. The minimum Gasteiger partial charge on any atom is -0.354 e. The van der Waals surface area contributed by atoms with Crippen LogP contribution in [-0.2, 0) is 9.59 Å². The van der Waals surface area contributed by atoms with Gasteiger partial charge < -0.3 is 16.0 Å². The van der Waals surface area contributed by atoms with Gasteiger partial charge in [-0.2, -0.15) is 13.2 Å². The average Bonchev–Trinajstić information content (AvgIpc) is 2.15. The molecule has 8 heteroatoms. The minimum absolute atomic E-state index is 0.0767. The number of hydrogen-bond acceptors (Lipinski definition) is 3. The molecule has 0 saturated heterocycles. The first kappa shape index (κ1) is 15.7. The zero-order valence-electron chi connectivity index (χ0n) is 9.89. The molecule has 0 aromatic rings. The maximum absolute atomic E-state index is 12.3. The molecule has 0 bridgehead atoms. The Morgan fingerprint density at radius 1 is 1.29 bits per heavy atom. The lowest BCUT2D eigenvalue weighted by molar-refractivity contribution is -0.187. The number of amides is 2. The SMILES string of the molecule is CN(C)C(=O)CCNC(=O)C(C)(N)C(F)(F)F. The third-order valence-corrected chi connectivity index (χ3v) is 2.18. The van der Waals surface area contributed by atoms with Crippen molar-refractivity contribution < 1.29 is 22.8 Å². The fourth-order valence-electron chi connectivity index (χ4n) is 0.819. The molecule has 0 heterocycles. The Kier molecular flexibility index (Phi) is 4.94. The third kappa shape index (κ3) is 4.22. The molecule has 1 atom stereocenters. The van der Waals surface area contributed by atoms with Gasteiger partial charge in [0.05, 0.1) is 0 Å². The van der Waals surface area contributed by atoms with Gasteiger partial charge >= 0.3 is 6.18 Å². The lowest BCUT2D eigenvalue weighted by Crippen LogP contribution is -2.61. The molecular weight excluding hydrogens is 239 g/mol. The molecule has 0 spiro atoms. The number of carbonyl (C=O) groups excluding carboxylic acids is 2. The van der Waals surface area contributed by atoms with Crippen LogP contribution in [0.3, 0.4) is 0 Å². The molecule has 0 saturated carbocycles. The normalized spacial score (nSPS) is 15.0. The molecule has 3 N–H and O–H groups in total. The number of hydrogen-bond donors (Lipinski definition) is 2. The van der Waals surface area contributed by atoms with Crippen molar-refractivity contribution in [2.45, 2.75) is 25.1 Å². The van der Waals surface area contributed by atoms with Crippen LogP contribution in [0.2, 0.25) is 0 Å². The van der Waals surface area contributed by atoms with E-state index in [2.05, 4.69) is 0 Å². The fourth-order valence-corrected chi connectivity index (χ4v) is 0.819. The Labute approximate surface area is 97.1 Å². The summed E-state index contributed by atoms with van der Waals surface area (Å²) in [7, 11) is 3.01. The Bertz CT molecular complexity index is 300. The maximum atomic E-state index is 12.3. The Balaban J connectivity index is 4.25. The Morgan fingerprint density at radius 2 is 1.76 bits per heavy atom. The number of nitrogens with one attached hydrogen (secondary N) is 1. The van der Waals surface area contributed by atoms with Gasteiger partial charge in [-0.1, -0.05) is 0 Å². The topological polar surface area (TPSA) is 75.4 Å². The number of alkyl halides is 3. The summed E-state index contributed by atoms with van der Waals surface area (Å²) in [5.41, 5.74) is 1.93. The molecule has 17 heavy (non-hydrogen) atoms. The van der Waals surface area contributed by atoms with Crippen LogP contribution in [0.15, 0.2) is 0 Å². The van der Waals surface area contributed by atoms with Crippen LogP contribution >= 0.6 is 0 Å². The molecule has 0 aliphatic carbocycles. The molecule has 5 nitrogen and oxygen atoms in total. The quantitative estimate of drug-likeness (QED) is 0.734. The van der Waals surface area contributed by atoms with Gasteiger partial charge in [0, 0.05) is 27.1 Å². The second kappa shape index (κ2) is 5.35. The van der Waals surface area contributed by atoms with E-state index in [4.69, 9.17) is 5.73 Å². The van der Waals surface area contributed by atoms with Crippen molar-refractivity contribution >= 4 is 11.8 Å². The molecule has 100 valence electrons. The Morgan fingerprint density at radius 3 is 2.12 bits per heavy atom. The number of carbonyl (C=O) groups is 2. The van der Waals surface area contributed by atoms with Crippen LogP contribution in [0.1, 0.15) is 13.3 Å². The highest BCUT2D eigenvalue weighted by atomic mass is 19.4. The number of nitrogens with two attached hydrogens (primary N) is 1. The van der Waals surface area contributed by atoms with Gasteiger partial charge in [0.2, 0.25) is 11.8 Å². The summed E-state index contributed by atoms with van der Waals surface area (Å²) < 4.78 is 37.0. The second-order valence-electron chi connectivity index (χ2n) is 3.99. The number of rotatable bonds is 4. The first-order valence-electron chi connectivity index (χ1n) is 4.84. The van der Waals surface area contributed by atoms with Gasteiger partial charge in [-0.15, -0.1) is 0 Å². The summed E-state index contributed by atoms with van der Waals surface area (Å²) in [6.45, 7) is 0.398. The van der Waals surface area contributed by atoms with E-state index in [0.717, 1.165) is 0 Å². The molecular formula is C9H16F3N3O2. The van der Waals surface area contributed by atoms with Crippen molar-refractivity contribution in [2.75, 3.05) is 20.6 Å². The van der Waals surface area contributed by atoms with E-state index in [-0.39, 0.29) is 18.9 Å². The summed E-state index contributed by atoms with van der Waals surface area (Å²) in [6.07, 6.45) is -4.91. The van der Waals surface area contributed by atoms with E-state index in [1.807, 2.05) is 5.32 Å². The number of nitrogens with zero attached hydrogens (tertiary/aromatic N) is 1. The molecule has 2 amide bonds. The molecule has 1 unspecified atom stereocenters. The molecule has 0 rings (SSSR count). The Hall–Kier alpha value is -1.31. The molecule has 0 aliphatic heterocycles. The first-order chi connectivity index (χ1) is 7.50. The van der Waals surface area contributed by atoms with Gasteiger partial charge in [0.25, 0.3) is 0 Å². The first-order valence-corrected chi connectivity index (χ1v) is 4.84. The van der Waals surface area contributed by atoms with Crippen molar-refractivity contribution in [3.63, 3.8) is 0 Å². The highest BCUT2D eigenvalue weighted by Crippen LogP contribution is 2.27. The minimum atomic E-state index is -4.83. The number of halogens is 3. The largest absolute Gasteiger partial charge is 0.415 e. The van der Waals surface area contributed by atoms with Crippen LogP contribution < -0.4 is 11.1 Å². The molecule has 0 aromatic heterocycles. The van der Waals surface area contributed by atoms with Gasteiger partial charge in [-0.3, -0.25) is 9.59 Å². The van der Waals surface area contributed by atoms with Crippen molar-refractivity contribution in [1.29, 1.82) is 0 Å². The highest BCUT2D eigenvalue weighted by Gasteiger charge is 2.53. The smallest absolute Gasteiger partial charge is 0.354 e. The zero-order valence-corrected chi connectivity index (χ0v) is 9.89. The zero-order chi connectivity index (χ0) is 13.9. The van der Waals surface area contributed by atoms with E-state index in [9.17, 15) is 22.8 Å². The summed E-state index contributed by atoms with van der Waals surface area (Å²) in [5.74, 6) is -1.65. The monoisotopic (exact) mass is 255 g/mol. The maximum Gasteiger partial charge on any atom is 0.415 e. The predicted molar refractivity (Wildman–Crippen MR) is 55.0 cm³/mol. The molecule has 0 aromatic carbocycles. The van der Waals surface area contributed by atoms with Crippen LogP contribution in [0.5, 0.6) is 0 Å². The highest BCUT2D eigenvalue weighted by molar-refractivity contribution is 5.87. The molecule has 0 fully saturated rings. The summed E-state index contributed by atoms with van der Waals surface area (Å²) in [6, 6.07) is 0. The third-order valence-electron chi connectivity index (χ3n) is 2.18. The standard InChI is InChI=1S/C9H16F3N3O2/c1-8(13,9(10,11)12)7(17)14-5-4-6(16)15(2)3/h4-5,13H2,1-3H3,(H,14,17). The lowest BCUT2D eigenvalue weighted by Gasteiger charge is -2.26. The van der Waals surface area contributed by atoms with Crippen molar-refractivity contribution in [3.05, 3.63) is 0 Å². The van der Waals surface area contributed by atoms with E-state index in [0.29, 0.717) is 6.92 Å². The second-order valence-corrected chi connectivity index (χ2v) is 3.99. The fraction of sp³-hybridized carbons (Fsp3) is 0.778. The van der Waals surface area contributed by atoms with Crippen LogP contribution in [0.25, 0.3) is 0 Å². The van der Waals surface area contributed by atoms with Gasteiger partial charge in [-0.05, 0) is 6.92 Å². The summed E-state index contributed by atoms with van der Waals surface area (Å²) >= 11 is 0. The van der Waals surface area contributed by atoms with Crippen molar-refractivity contribution in [2.24, 2.45) is 5.73 Å². The van der Waals surface area contributed by atoms with Crippen LogP contribution in [0.4, 0.5) is 13.2 Å². The van der Waals surface area contributed by atoms with E-state index in [1.54, 1.807) is 0 Å². The summed E-state index contributed by atoms with van der Waals surface area (Å²) in [4.78, 5) is 23.5. The van der Waals surface area contributed by atoms with E-state index < -0.39 is 17.6 Å². The van der Waals surface area contributed by atoms with E-state index in [1.165, 1.54) is 19.0 Å². The lowest BCUT2D eigenvalue weighted by atomic mass is 10.0.